The van der Waals surface area contributed by atoms with Crippen LogP contribution in [0.1, 0.15) is 13.3 Å². The number of nitrogens with zero attached hydrogens (tertiary/aromatic N) is 2. The maximum absolute atomic E-state index is 11.0. The zero-order valence-corrected chi connectivity index (χ0v) is 9.05. The molecule has 2 heterocycles. The molecule has 0 aromatic carbocycles. The van der Waals surface area contributed by atoms with Gasteiger partial charge in [0.1, 0.15) is 0 Å². The Balaban J connectivity index is 2.07. The Morgan fingerprint density at radius 3 is 3.21 bits per heavy atom. The number of carbonyl (C=O) groups excluding carboxylic acids is 1. The molecule has 14 heavy (non-hydrogen) atoms. The second-order valence-electron chi connectivity index (χ2n) is 3.41. The lowest BCUT2D eigenvalue weighted by Crippen LogP contribution is -2.47. The van der Waals surface area contributed by atoms with Gasteiger partial charge in [-0.3, -0.25) is 4.79 Å². The minimum absolute atomic E-state index is 0.00801. The average molecular weight is 214 g/mol. The lowest BCUT2D eigenvalue weighted by atomic mass is 10.2. The summed E-state index contributed by atoms with van der Waals surface area (Å²) in [4.78, 5) is 17.3. The summed E-state index contributed by atoms with van der Waals surface area (Å²) in [6, 6.07) is 0.390. The lowest BCUT2D eigenvalue weighted by molar-refractivity contribution is -0.115. The number of aliphatic imine (C=N–C) groups is 1. The smallest absolute Gasteiger partial charge is 0.258 e. The van der Waals surface area contributed by atoms with Gasteiger partial charge in [0.15, 0.2) is 5.17 Å². The highest BCUT2D eigenvalue weighted by molar-refractivity contribution is 8.14. The van der Waals surface area contributed by atoms with E-state index in [-0.39, 0.29) is 5.91 Å². The van der Waals surface area contributed by atoms with Gasteiger partial charge in [-0.2, -0.15) is 4.99 Å². The number of hydrogen-bond donors (Lipinski definition) is 0. The molecule has 78 valence electrons. The number of thioether (sulfide) groups is 1. The van der Waals surface area contributed by atoms with E-state index in [1.165, 1.54) is 0 Å². The Morgan fingerprint density at radius 1 is 1.71 bits per heavy atom. The number of carbonyl (C=O) groups is 1. The molecule has 5 heteroatoms. The first kappa shape index (κ1) is 9.98. The van der Waals surface area contributed by atoms with Crippen molar-refractivity contribution >= 4 is 22.8 Å². The normalized spacial score (nSPS) is 28.1. The standard InChI is InChI=1S/C9H14N2O2S/c1-2-7-5-13-4-3-11(7)9-10-8(12)6-14-9/h7H,2-6H2,1H3. The van der Waals surface area contributed by atoms with Gasteiger partial charge in [0.25, 0.3) is 5.91 Å². The van der Waals surface area contributed by atoms with Crippen molar-refractivity contribution < 1.29 is 9.53 Å². The predicted octanol–water partition coefficient (Wildman–Crippen LogP) is 0.727. The van der Waals surface area contributed by atoms with E-state index in [0.717, 1.165) is 31.3 Å². The molecule has 0 N–H and O–H groups in total. The number of morpholine rings is 1. The van der Waals surface area contributed by atoms with Gasteiger partial charge >= 0.3 is 0 Å². The van der Waals surface area contributed by atoms with Crippen molar-refractivity contribution in [3.05, 3.63) is 0 Å². The van der Waals surface area contributed by atoms with E-state index in [0.29, 0.717) is 11.8 Å². The minimum atomic E-state index is -0.00801. The molecule has 2 rings (SSSR count). The van der Waals surface area contributed by atoms with Crippen LogP contribution in [-0.4, -0.2) is 47.5 Å². The Bertz CT molecular complexity index is 268. The van der Waals surface area contributed by atoms with E-state index >= 15 is 0 Å². The molecule has 1 saturated heterocycles. The summed E-state index contributed by atoms with van der Waals surface area (Å²) in [6.45, 7) is 4.49. The highest BCUT2D eigenvalue weighted by Crippen LogP contribution is 2.21. The summed E-state index contributed by atoms with van der Waals surface area (Å²) in [5, 5.41) is 0.894. The van der Waals surface area contributed by atoms with Gasteiger partial charge in [0.2, 0.25) is 0 Å². The van der Waals surface area contributed by atoms with Crippen molar-refractivity contribution in [3.63, 3.8) is 0 Å². The van der Waals surface area contributed by atoms with Gasteiger partial charge in [-0.25, -0.2) is 0 Å². The minimum Gasteiger partial charge on any atom is -0.377 e. The van der Waals surface area contributed by atoms with Crippen molar-refractivity contribution in [2.24, 2.45) is 4.99 Å². The van der Waals surface area contributed by atoms with Gasteiger partial charge in [-0.05, 0) is 6.42 Å². The first-order valence-corrected chi connectivity index (χ1v) is 5.88. The zero-order chi connectivity index (χ0) is 9.97. The van der Waals surface area contributed by atoms with Crippen LogP contribution < -0.4 is 0 Å². The summed E-state index contributed by atoms with van der Waals surface area (Å²) in [6.07, 6.45) is 1.04. The topological polar surface area (TPSA) is 41.9 Å². The second-order valence-corrected chi connectivity index (χ2v) is 4.35. The van der Waals surface area contributed by atoms with Gasteiger partial charge in [0, 0.05) is 6.54 Å². The van der Waals surface area contributed by atoms with Crippen molar-refractivity contribution in [2.45, 2.75) is 19.4 Å². The highest BCUT2D eigenvalue weighted by Gasteiger charge is 2.28. The van der Waals surface area contributed by atoms with E-state index in [1.54, 1.807) is 11.8 Å². The quantitative estimate of drug-likeness (QED) is 0.645. The molecule has 0 aromatic rings. The Hall–Kier alpha value is -0.550. The van der Waals surface area contributed by atoms with Crippen LogP contribution in [0, 0.1) is 0 Å². The van der Waals surface area contributed by atoms with Crippen molar-refractivity contribution in [2.75, 3.05) is 25.5 Å². The van der Waals surface area contributed by atoms with E-state index in [4.69, 9.17) is 4.74 Å². The van der Waals surface area contributed by atoms with E-state index < -0.39 is 0 Å². The van der Waals surface area contributed by atoms with Crippen molar-refractivity contribution in [3.8, 4) is 0 Å². The van der Waals surface area contributed by atoms with Crippen LogP contribution in [-0.2, 0) is 9.53 Å². The maximum atomic E-state index is 11.0. The third-order valence-corrected chi connectivity index (χ3v) is 3.46. The molecule has 1 fully saturated rings. The third-order valence-electron chi connectivity index (χ3n) is 2.49. The van der Waals surface area contributed by atoms with Crippen LogP contribution in [0.3, 0.4) is 0 Å². The maximum Gasteiger partial charge on any atom is 0.258 e. The molecule has 2 aliphatic heterocycles. The molecule has 1 unspecified atom stereocenters. The average Bonchev–Trinajstić information content (AvgIpc) is 2.65. The molecular weight excluding hydrogens is 200 g/mol. The zero-order valence-electron chi connectivity index (χ0n) is 8.23. The lowest BCUT2D eigenvalue weighted by Gasteiger charge is -2.35. The van der Waals surface area contributed by atoms with Crippen molar-refractivity contribution in [1.82, 2.24) is 4.90 Å². The van der Waals surface area contributed by atoms with E-state index in [1.807, 2.05) is 0 Å². The fraction of sp³-hybridized carbons (Fsp3) is 0.778. The van der Waals surface area contributed by atoms with Crippen LogP contribution >= 0.6 is 11.8 Å². The molecule has 0 saturated carbocycles. The Morgan fingerprint density at radius 2 is 2.57 bits per heavy atom. The summed E-state index contributed by atoms with van der Waals surface area (Å²) >= 11 is 1.55. The molecule has 0 aromatic heterocycles. The van der Waals surface area contributed by atoms with Crippen LogP contribution in [0.25, 0.3) is 0 Å². The molecule has 1 amide bonds. The number of amidine groups is 1. The van der Waals surface area contributed by atoms with Crippen LogP contribution in [0.4, 0.5) is 0 Å². The molecule has 4 nitrogen and oxygen atoms in total. The number of amides is 1. The van der Waals surface area contributed by atoms with Crippen LogP contribution in [0.15, 0.2) is 4.99 Å². The number of rotatable bonds is 1. The largest absolute Gasteiger partial charge is 0.377 e. The summed E-state index contributed by atoms with van der Waals surface area (Å²) in [5.41, 5.74) is 0. The second kappa shape index (κ2) is 4.31. The molecule has 1 atom stereocenters. The predicted molar refractivity (Wildman–Crippen MR) is 56.5 cm³/mol. The molecule has 0 radical (unpaired) electrons. The molecule has 0 aliphatic carbocycles. The first-order chi connectivity index (χ1) is 6.81. The SMILES string of the molecule is CCC1COCCN1C1=NC(=O)CS1. The molecule has 0 spiro atoms. The van der Waals surface area contributed by atoms with Crippen LogP contribution in [0.2, 0.25) is 0 Å². The van der Waals surface area contributed by atoms with Crippen LogP contribution in [0.5, 0.6) is 0 Å². The van der Waals surface area contributed by atoms with Gasteiger partial charge < -0.3 is 9.64 Å². The molecule has 0 bridgehead atoms. The number of hydrogen-bond acceptors (Lipinski definition) is 4. The van der Waals surface area contributed by atoms with Crippen molar-refractivity contribution in [1.29, 1.82) is 0 Å². The summed E-state index contributed by atoms with van der Waals surface area (Å²) in [7, 11) is 0. The molecular formula is C9H14N2O2S. The summed E-state index contributed by atoms with van der Waals surface area (Å²) < 4.78 is 5.40. The number of ether oxygens (including phenoxy) is 1. The third kappa shape index (κ3) is 1.93. The van der Waals surface area contributed by atoms with Gasteiger partial charge in [-0.15, -0.1) is 0 Å². The molecule has 2 aliphatic rings. The Labute approximate surface area is 87.7 Å². The highest BCUT2D eigenvalue weighted by atomic mass is 32.2. The first-order valence-electron chi connectivity index (χ1n) is 4.90. The summed E-state index contributed by atoms with van der Waals surface area (Å²) in [5.74, 6) is 0.495. The Kier molecular flexibility index (Phi) is 3.08. The van der Waals surface area contributed by atoms with E-state index in [2.05, 4.69) is 16.8 Å². The van der Waals surface area contributed by atoms with Gasteiger partial charge in [-0.1, -0.05) is 18.7 Å². The van der Waals surface area contributed by atoms with Gasteiger partial charge in [0.05, 0.1) is 25.0 Å². The fourth-order valence-corrected chi connectivity index (χ4v) is 2.58. The fourth-order valence-electron chi connectivity index (χ4n) is 1.69. The monoisotopic (exact) mass is 214 g/mol. The van der Waals surface area contributed by atoms with E-state index in [9.17, 15) is 4.79 Å².